The van der Waals surface area contributed by atoms with Crippen LogP contribution in [0.15, 0.2) is 17.2 Å². The summed E-state index contributed by atoms with van der Waals surface area (Å²) in [6.07, 6.45) is -4.32. The van der Waals surface area contributed by atoms with E-state index >= 15 is 0 Å². The quantitative estimate of drug-likeness (QED) is 0.718. The molecule has 1 rings (SSSR count). The van der Waals surface area contributed by atoms with Crippen molar-refractivity contribution in [1.82, 2.24) is 9.97 Å². The van der Waals surface area contributed by atoms with E-state index in [0.29, 0.717) is 6.20 Å². The number of rotatable bonds is 1. The minimum Gasteiger partial charge on any atom is -0.326 e. The van der Waals surface area contributed by atoms with Crippen molar-refractivity contribution in [3.8, 4) is 0 Å². The summed E-state index contributed by atoms with van der Waals surface area (Å²) in [5, 5.41) is 0. The predicted molar refractivity (Wildman–Crippen MR) is 34.8 cm³/mol. The molecule has 0 aromatic carbocycles. The zero-order chi connectivity index (χ0) is 11.0. The summed E-state index contributed by atoms with van der Waals surface area (Å²) in [5.74, 6) is -5.23. The lowest BCUT2D eigenvalue weighted by Crippen LogP contribution is -2.39. The first-order valence-electron chi connectivity index (χ1n) is 3.25. The Morgan fingerprint density at radius 1 is 1.21 bits per heavy atom. The van der Waals surface area contributed by atoms with E-state index < -0.39 is 23.4 Å². The Morgan fingerprint density at radius 3 is 2.21 bits per heavy atom. The molecule has 0 aliphatic heterocycles. The molecule has 0 saturated carbocycles. The summed E-state index contributed by atoms with van der Waals surface area (Å²) in [6, 6.07) is 0. The standard InChI is InChI=1S/C6H3F5N2O/c7-5(8,6(9,10)11)3-4(14)13-2-1-12-3/h1-2H,(H,13,14). The fraction of sp³-hybridized carbons (Fsp3) is 0.333. The highest BCUT2D eigenvalue weighted by atomic mass is 19.4. The van der Waals surface area contributed by atoms with Gasteiger partial charge in [0.25, 0.3) is 5.56 Å². The summed E-state index contributed by atoms with van der Waals surface area (Å²) >= 11 is 0. The van der Waals surface area contributed by atoms with Crippen LogP contribution in [0.5, 0.6) is 0 Å². The number of hydrogen-bond acceptors (Lipinski definition) is 2. The molecule has 8 heteroatoms. The van der Waals surface area contributed by atoms with E-state index in [9.17, 15) is 26.7 Å². The number of hydrogen-bond donors (Lipinski definition) is 1. The molecule has 0 radical (unpaired) electrons. The van der Waals surface area contributed by atoms with E-state index in [-0.39, 0.29) is 0 Å². The summed E-state index contributed by atoms with van der Waals surface area (Å²) in [4.78, 5) is 15.0. The van der Waals surface area contributed by atoms with Gasteiger partial charge in [0.05, 0.1) is 0 Å². The van der Waals surface area contributed by atoms with Crippen molar-refractivity contribution < 1.29 is 22.0 Å². The molecule has 0 unspecified atom stereocenters. The second-order valence-corrected chi connectivity index (χ2v) is 2.34. The lowest BCUT2D eigenvalue weighted by molar-refractivity contribution is -0.291. The zero-order valence-corrected chi connectivity index (χ0v) is 6.40. The van der Waals surface area contributed by atoms with Gasteiger partial charge in [0.2, 0.25) is 0 Å². The van der Waals surface area contributed by atoms with E-state index in [1.54, 1.807) is 4.98 Å². The van der Waals surface area contributed by atoms with Crippen LogP contribution in [0.1, 0.15) is 5.69 Å². The summed E-state index contributed by atoms with van der Waals surface area (Å²) < 4.78 is 60.3. The molecule has 0 atom stereocenters. The van der Waals surface area contributed by atoms with Crippen LogP contribution in [0.25, 0.3) is 0 Å². The van der Waals surface area contributed by atoms with Crippen molar-refractivity contribution >= 4 is 0 Å². The van der Waals surface area contributed by atoms with Crippen molar-refractivity contribution in [1.29, 1.82) is 0 Å². The topological polar surface area (TPSA) is 45.8 Å². The number of aromatic amines is 1. The monoisotopic (exact) mass is 214 g/mol. The van der Waals surface area contributed by atoms with Crippen LogP contribution in [0, 0.1) is 0 Å². The maximum absolute atomic E-state index is 12.5. The number of H-pyrrole nitrogens is 1. The largest absolute Gasteiger partial charge is 0.459 e. The van der Waals surface area contributed by atoms with Crippen LogP contribution in [0.4, 0.5) is 22.0 Å². The van der Waals surface area contributed by atoms with Crippen molar-refractivity contribution in [2.24, 2.45) is 0 Å². The van der Waals surface area contributed by atoms with E-state index in [4.69, 9.17) is 0 Å². The fourth-order valence-corrected chi connectivity index (χ4v) is 0.710. The van der Waals surface area contributed by atoms with Gasteiger partial charge in [-0.2, -0.15) is 22.0 Å². The highest BCUT2D eigenvalue weighted by molar-refractivity contribution is 5.07. The second kappa shape index (κ2) is 3.03. The van der Waals surface area contributed by atoms with Crippen LogP contribution < -0.4 is 5.56 Å². The molecular formula is C6H3F5N2O. The molecule has 1 heterocycles. The van der Waals surface area contributed by atoms with Gasteiger partial charge in [-0.05, 0) is 0 Å². The highest BCUT2D eigenvalue weighted by Crippen LogP contribution is 2.41. The maximum atomic E-state index is 12.5. The molecular weight excluding hydrogens is 211 g/mol. The van der Waals surface area contributed by atoms with Gasteiger partial charge in [-0.15, -0.1) is 0 Å². The molecule has 0 bridgehead atoms. The number of alkyl halides is 5. The molecule has 0 amide bonds. The van der Waals surface area contributed by atoms with Gasteiger partial charge in [-0.25, -0.2) is 4.98 Å². The van der Waals surface area contributed by atoms with Gasteiger partial charge in [-0.1, -0.05) is 0 Å². The molecule has 1 aromatic heterocycles. The van der Waals surface area contributed by atoms with Crippen LogP contribution in [0.2, 0.25) is 0 Å². The normalized spacial score (nSPS) is 12.9. The molecule has 0 fully saturated rings. The Balaban J connectivity index is 3.31. The molecule has 0 spiro atoms. The van der Waals surface area contributed by atoms with Gasteiger partial charge in [0, 0.05) is 12.4 Å². The molecule has 0 saturated heterocycles. The van der Waals surface area contributed by atoms with E-state index in [1.807, 2.05) is 0 Å². The van der Waals surface area contributed by atoms with E-state index in [0.717, 1.165) is 6.20 Å². The Kier molecular flexibility index (Phi) is 2.30. The first-order chi connectivity index (χ1) is 6.27. The first-order valence-corrected chi connectivity index (χ1v) is 3.25. The molecule has 0 aliphatic carbocycles. The van der Waals surface area contributed by atoms with Gasteiger partial charge >= 0.3 is 12.1 Å². The summed E-state index contributed by atoms with van der Waals surface area (Å²) in [7, 11) is 0. The number of aromatic nitrogens is 2. The molecule has 1 aromatic rings. The number of halogens is 5. The average molecular weight is 214 g/mol. The van der Waals surface area contributed by atoms with E-state index in [1.165, 1.54) is 0 Å². The third-order valence-corrected chi connectivity index (χ3v) is 1.36. The third kappa shape index (κ3) is 1.59. The SMILES string of the molecule is O=c1[nH]ccnc1C(F)(F)C(F)(F)F. The Hall–Kier alpha value is -1.47. The van der Waals surface area contributed by atoms with E-state index in [2.05, 4.69) is 4.98 Å². The van der Waals surface area contributed by atoms with Crippen molar-refractivity contribution in [3.63, 3.8) is 0 Å². The number of nitrogens with one attached hydrogen (secondary N) is 1. The molecule has 0 aliphatic rings. The molecule has 3 nitrogen and oxygen atoms in total. The highest BCUT2D eigenvalue weighted by Gasteiger charge is 2.61. The van der Waals surface area contributed by atoms with Crippen LogP contribution in [0.3, 0.4) is 0 Å². The van der Waals surface area contributed by atoms with Gasteiger partial charge in [-0.3, -0.25) is 4.79 Å². The smallest absolute Gasteiger partial charge is 0.326 e. The fourth-order valence-electron chi connectivity index (χ4n) is 0.710. The Bertz CT molecular complexity index is 382. The predicted octanol–water partition coefficient (Wildman–Crippen LogP) is 1.42. The zero-order valence-electron chi connectivity index (χ0n) is 6.40. The Morgan fingerprint density at radius 2 is 1.79 bits per heavy atom. The van der Waals surface area contributed by atoms with Crippen molar-refractivity contribution in [3.05, 3.63) is 28.4 Å². The number of nitrogens with zero attached hydrogens (tertiary/aromatic N) is 1. The third-order valence-electron chi connectivity index (χ3n) is 1.36. The lowest BCUT2D eigenvalue weighted by Gasteiger charge is -2.17. The maximum Gasteiger partial charge on any atom is 0.459 e. The molecule has 1 N–H and O–H groups in total. The van der Waals surface area contributed by atoms with Crippen LogP contribution >= 0.6 is 0 Å². The second-order valence-electron chi connectivity index (χ2n) is 2.34. The molecule has 14 heavy (non-hydrogen) atoms. The Labute approximate surface area is 73.6 Å². The van der Waals surface area contributed by atoms with Crippen LogP contribution in [-0.2, 0) is 5.92 Å². The van der Waals surface area contributed by atoms with Gasteiger partial charge in [0.15, 0.2) is 5.69 Å². The van der Waals surface area contributed by atoms with Crippen molar-refractivity contribution in [2.45, 2.75) is 12.1 Å². The van der Waals surface area contributed by atoms with Crippen molar-refractivity contribution in [2.75, 3.05) is 0 Å². The summed E-state index contributed by atoms with van der Waals surface area (Å²) in [6.45, 7) is 0. The van der Waals surface area contributed by atoms with Gasteiger partial charge in [0.1, 0.15) is 0 Å². The average Bonchev–Trinajstić information content (AvgIpc) is 2.02. The molecule has 78 valence electrons. The lowest BCUT2D eigenvalue weighted by atomic mass is 10.2. The minimum atomic E-state index is -5.83. The minimum absolute atomic E-state index is 0.649. The van der Waals surface area contributed by atoms with Gasteiger partial charge < -0.3 is 4.98 Å². The van der Waals surface area contributed by atoms with Crippen LogP contribution in [-0.4, -0.2) is 16.1 Å². The first kappa shape index (κ1) is 10.6. The summed E-state index contributed by atoms with van der Waals surface area (Å²) in [5.41, 5.74) is -3.41.